The normalized spacial score (nSPS) is 22.6. The zero-order valence-corrected chi connectivity index (χ0v) is 14.8. The molecule has 126 valence electrons. The smallest absolute Gasteiger partial charge is 0.233 e. The summed E-state index contributed by atoms with van der Waals surface area (Å²) in [6.07, 6.45) is 6.00. The van der Waals surface area contributed by atoms with Crippen LogP contribution in [0.3, 0.4) is 0 Å². The quantitative estimate of drug-likeness (QED) is 0.620. The molecule has 0 spiro atoms. The largest absolute Gasteiger partial charge is 0.326 e. The highest BCUT2D eigenvalue weighted by molar-refractivity contribution is 9.10. The number of imide groups is 1. The maximum atomic E-state index is 12.3. The first kappa shape index (κ1) is 16.9. The average Bonchev–Trinajstić information content (AvgIpc) is 2.82. The highest BCUT2D eigenvalue weighted by Crippen LogP contribution is 2.35. The number of rotatable bonds is 5. The molecular formula is C18H19BrN2O3. The summed E-state index contributed by atoms with van der Waals surface area (Å²) in [6, 6.07) is 7.33. The molecule has 1 aromatic carbocycles. The molecule has 5 nitrogen and oxygen atoms in total. The molecule has 2 aliphatic rings. The number of likely N-dealkylation sites (tertiary alicyclic amines) is 1. The average molecular weight is 391 g/mol. The number of hydrogen-bond donors (Lipinski definition) is 1. The van der Waals surface area contributed by atoms with Crippen LogP contribution in [0.25, 0.3) is 0 Å². The molecule has 1 saturated heterocycles. The third-order valence-electron chi connectivity index (χ3n) is 4.51. The lowest BCUT2D eigenvalue weighted by Gasteiger charge is -2.14. The Morgan fingerprint density at radius 3 is 2.25 bits per heavy atom. The standard InChI is InChI=1S/C18H19BrN2O3/c19-12-7-9-13(10-8-12)20-16(22)6-3-11-21-17(23)14-4-1-2-5-15(14)18(21)24/h1-2,7-10,14-15H,3-6,11H2,(H,20,22)/t14-,15-/m0/s1. The van der Waals surface area contributed by atoms with Gasteiger partial charge >= 0.3 is 0 Å². The van der Waals surface area contributed by atoms with Gasteiger partial charge in [0.15, 0.2) is 0 Å². The van der Waals surface area contributed by atoms with Crippen molar-refractivity contribution < 1.29 is 14.4 Å². The molecule has 0 radical (unpaired) electrons. The Labute approximate surface area is 149 Å². The molecule has 1 aromatic rings. The summed E-state index contributed by atoms with van der Waals surface area (Å²) in [6.45, 7) is 0.318. The second-order valence-corrected chi connectivity index (χ2v) is 7.06. The van der Waals surface area contributed by atoms with Gasteiger partial charge in [0.05, 0.1) is 11.8 Å². The van der Waals surface area contributed by atoms with Crippen LogP contribution >= 0.6 is 15.9 Å². The topological polar surface area (TPSA) is 66.5 Å². The van der Waals surface area contributed by atoms with Gasteiger partial charge in [0.25, 0.3) is 0 Å². The van der Waals surface area contributed by atoms with Crippen molar-refractivity contribution >= 4 is 39.3 Å². The number of allylic oxidation sites excluding steroid dienone is 2. The van der Waals surface area contributed by atoms with Crippen molar-refractivity contribution in [3.8, 4) is 0 Å². The Balaban J connectivity index is 1.48. The number of nitrogens with one attached hydrogen (secondary N) is 1. The molecule has 6 heteroatoms. The number of amides is 3. The van der Waals surface area contributed by atoms with Crippen LogP contribution in [0.5, 0.6) is 0 Å². The van der Waals surface area contributed by atoms with Gasteiger partial charge in [-0.1, -0.05) is 28.1 Å². The van der Waals surface area contributed by atoms with E-state index in [1.54, 1.807) is 0 Å². The molecule has 3 rings (SSSR count). The molecule has 0 aromatic heterocycles. The van der Waals surface area contributed by atoms with E-state index in [1.807, 2.05) is 36.4 Å². The predicted molar refractivity (Wildman–Crippen MR) is 94.1 cm³/mol. The Bertz CT molecular complexity index is 658. The Kier molecular flexibility index (Phi) is 5.14. The Morgan fingerprint density at radius 1 is 1.08 bits per heavy atom. The fourth-order valence-corrected chi connectivity index (χ4v) is 3.51. The number of fused-ring (bicyclic) bond motifs is 1. The van der Waals surface area contributed by atoms with Gasteiger partial charge in [-0.25, -0.2) is 0 Å². The van der Waals surface area contributed by atoms with Gasteiger partial charge < -0.3 is 5.32 Å². The van der Waals surface area contributed by atoms with Gasteiger partial charge in [0.2, 0.25) is 17.7 Å². The van der Waals surface area contributed by atoms with E-state index in [1.165, 1.54) is 4.90 Å². The van der Waals surface area contributed by atoms with E-state index in [-0.39, 0.29) is 36.0 Å². The Morgan fingerprint density at radius 2 is 1.67 bits per heavy atom. The molecule has 0 bridgehead atoms. The number of nitrogens with zero attached hydrogens (tertiary/aromatic N) is 1. The maximum absolute atomic E-state index is 12.3. The van der Waals surface area contributed by atoms with Gasteiger partial charge in [-0.05, 0) is 43.5 Å². The summed E-state index contributed by atoms with van der Waals surface area (Å²) in [5.41, 5.74) is 0.730. The summed E-state index contributed by atoms with van der Waals surface area (Å²) in [5.74, 6) is -0.668. The van der Waals surface area contributed by atoms with E-state index in [4.69, 9.17) is 0 Å². The van der Waals surface area contributed by atoms with E-state index >= 15 is 0 Å². The van der Waals surface area contributed by atoms with Gasteiger partial charge in [-0.15, -0.1) is 0 Å². The van der Waals surface area contributed by atoms with Crippen molar-refractivity contribution in [1.82, 2.24) is 4.90 Å². The maximum Gasteiger partial charge on any atom is 0.233 e. The van der Waals surface area contributed by atoms with E-state index in [2.05, 4.69) is 21.2 Å². The molecule has 2 atom stereocenters. The van der Waals surface area contributed by atoms with Gasteiger partial charge in [0.1, 0.15) is 0 Å². The molecule has 3 amide bonds. The number of carbonyl (C=O) groups is 3. The number of halogens is 1. The zero-order chi connectivity index (χ0) is 17.1. The van der Waals surface area contributed by atoms with Crippen LogP contribution in [0.4, 0.5) is 5.69 Å². The van der Waals surface area contributed by atoms with E-state index in [9.17, 15) is 14.4 Å². The summed E-state index contributed by atoms with van der Waals surface area (Å²) in [7, 11) is 0. The summed E-state index contributed by atoms with van der Waals surface area (Å²) < 4.78 is 0.947. The monoisotopic (exact) mass is 390 g/mol. The van der Waals surface area contributed by atoms with Crippen LogP contribution < -0.4 is 5.32 Å². The molecule has 0 unspecified atom stereocenters. The second-order valence-electron chi connectivity index (χ2n) is 6.14. The first-order valence-electron chi connectivity index (χ1n) is 8.12. The minimum Gasteiger partial charge on any atom is -0.326 e. The van der Waals surface area contributed by atoms with Crippen LogP contribution in [0, 0.1) is 11.8 Å². The molecule has 1 N–H and O–H groups in total. The molecular weight excluding hydrogens is 372 g/mol. The minimum absolute atomic E-state index is 0.0809. The van der Waals surface area contributed by atoms with Crippen molar-refractivity contribution in [2.75, 3.05) is 11.9 Å². The molecule has 1 aliphatic carbocycles. The number of anilines is 1. The molecule has 0 saturated carbocycles. The SMILES string of the molecule is O=C(CCCN1C(=O)[C@H]2CC=CC[C@@H]2C1=O)Nc1ccc(Br)cc1. The van der Waals surface area contributed by atoms with Crippen LogP contribution in [0.1, 0.15) is 25.7 Å². The number of carbonyl (C=O) groups excluding carboxylic acids is 3. The lowest BCUT2D eigenvalue weighted by atomic mass is 9.85. The molecule has 1 fully saturated rings. The van der Waals surface area contributed by atoms with Crippen LogP contribution in [0.2, 0.25) is 0 Å². The van der Waals surface area contributed by atoms with Crippen molar-refractivity contribution in [2.45, 2.75) is 25.7 Å². The Hall–Kier alpha value is -1.95. The van der Waals surface area contributed by atoms with Gasteiger partial charge in [-0.3, -0.25) is 19.3 Å². The fourth-order valence-electron chi connectivity index (χ4n) is 3.24. The molecule has 24 heavy (non-hydrogen) atoms. The first-order chi connectivity index (χ1) is 11.6. The van der Waals surface area contributed by atoms with Crippen molar-refractivity contribution in [3.05, 3.63) is 40.9 Å². The number of benzene rings is 1. The highest BCUT2D eigenvalue weighted by atomic mass is 79.9. The zero-order valence-electron chi connectivity index (χ0n) is 13.2. The predicted octanol–water partition coefficient (Wildman–Crippen LogP) is 3.12. The highest BCUT2D eigenvalue weighted by Gasteiger charge is 2.46. The van der Waals surface area contributed by atoms with E-state index < -0.39 is 0 Å². The third-order valence-corrected chi connectivity index (χ3v) is 5.04. The minimum atomic E-state index is -0.195. The number of hydrogen-bond acceptors (Lipinski definition) is 3. The van der Waals surface area contributed by atoms with Crippen LogP contribution in [-0.2, 0) is 14.4 Å². The fraction of sp³-hybridized carbons (Fsp3) is 0.389. The van der Waals surface area contributed by atoms with Crippen LogP contribution in [0.15, 0.2) is 40.9 Å². The van der Waals surface area contributed by atoms with E-state index in [0.717, 1.165) is 10.2 Å². The third kappa shape index (κ3) is 3.59. The molecule has 1 heterocycles. The summed E-state index contributed by atoms with van der Waals surface area (Å²) >= 11 is 3.34. The van der Waals surface area contributed by atoms with Crippen molar-refractivity contribution in [1.29, 1.82) is 0 Å². The lowest BCUT2D eigenvalue weighted by molar-refractivity contribution is -0.140. The second kappa shape index (κ2) is 7.30. The van der Waals surface area contributed by atoms with Crippen molar-refractivity contribution in [3.63, 3.8) is 0 Å². The summed E-state index contributed by atoms with van der Waals surface area (Å²) in [5, 5.41) is 2.81. The van der Waals surface area contributed by atoms with Crippen LogP contribution in [-0.4, -0.2) is 29.2 Å². The summed E-state index contributed by atoms with van der Waals surface area (Å²) in [4.78, 5) is 37.9. The van der Waals surface area contributed by atoms with E-state index in [0.29, 0.717) is 25.8 Å². The van der Waals surface area contributed by atoms with Gasteiger partial charge in [0, 0.05) is 23.1 Å². The lowest BCUT2D eigenvalue weighted by Crippen LogP contribution is -2.32. The molecule has 1 aliphatic heterocycles. The first-order valence-corrected chi connectivity index (χ1v) is 8.91. The van der Waals surface area contributed by atoms with Crippen molar-refractivity contribution in [2.24, 2.45) is 11.8 Å². The van der Waals surface area contributed by atoms with Gasteiger partial charge in [-0.2, -0.15) is 0 Å².